The molecule has 0 aliphatic rings. The Bertz CT molecular complexity index is 378. The highest BCUT2D eigenvalue weighted by molar-refractivity contribution is 5.21. The van der Waals surface area contributed by atoms with Gasteiger partial charge in [0, 0.05) is 12.1 Å². The molecule has 4 heteroatoms. The van der Waals surface area contributed by atoms with Gasteiger partial charge in [-0.2, -0.15) is 0 Å². The highest BCUT2D eigenvalue weighted by Crippen LogP contribution is 2.24. The summed E-state index contributed by atoms with van der Waals surface area (Å²) in [5, 5.41) is 0. The zero-order chi connectivity index (χ0) is 15.1. The Hall–Kier alpha value is -0.970. The van der Waals surface area contributed by atoms with Crippen LogP contribution in [0, 0.1) is 5.82 Å². The summed E-state index contributed by atoms with van der Waals surface area (Å²) in [5.74, 6) is -0.201. The molecule has 0 spiro atoms. The second-order valence-electron chi connectivity index (χ2n) is 5.71. The number of nitrogens with two attached hydrogens (primary N) is 1. The van der Waals surface area contributed by atoms with E-state index in [2.05, 4.69) is 37.9 Å². The molecular weight excluding hydrogens is 253 g/mol. The molecule has 2 N–H and O–H groups in total. The van der Waals surface area contributed by atoms with Gasteiger partial charge in [-0.15, -0.1) is 0 Å². The minimum absolute atomic E-state index is 0.0600. The summed E-state index contributed by atoms with van der Waals surface area (Å²) in [4.78, 5) is 4.46. The van der Waals surface area contributed by atoms with Crippen LogP contribution in [0.5, 0.6) is 0 Å². The van der Waals surface area contributed by atoms with Crippen molar-refractivity contribution < 1.29 is 4.39 Å². The number of halogens is 1. The monoisotopic (exact) mass is 281 g/mol. The van der Waals surface area contributed by atoms with Crippen LogP contribution in [0.3, 0.4) is 0 Å². The Labute approximate surface area is 122 Å². The third-order valence-electron chi connectivity index (χ3n) is 3.68. The van der Waals surface area contributed by atoms with Crippen molar-refractivity contribution in [2.45, 2.75) is 31.8 Å². The summed E-state index contributed by atoms with van der Waals surface area (Å²) in [6.45, 7) is 4.13. The molecular formula is C16H28FN3. The number of nitrogens with zero attached hydrogens (tertiary/aromatic N) is 2. The van der Waals surface area contributed by atoms with Crippen molar-refractivity contribution in [1.29, 1.82) is 0 Å². The highest BCUT2D eigenvalue weighted by Gasteiger charge is 2.22. The molecule has 1 aromatic rings. The Kier molecular flexibility index (Phi) is 7.13. The predicted octanol–water partition coefficient (Wildman–Crippen LogP) is 2.49. The Balaban J connectivity index is 2.75. The highest BCUT2D eigenvalue weighted by atomic mass is 19.1. The fourth-order valence-corrected chi connectivity index (χ4v) is 2.49. The lowest BCUT2D eigenvalue weighted by Gasteiger charge is -2.33. The number of benzene rings is 1. The van der Waals surface area contributed by atoms with E-state index < -0.39 is 0 Å². The van der Waals surface area contributed by atoms with Gasteiger partial charge in [0.25, 0.3) is 0 Å². The first-order valence-corrected chi connectivity index (χ1v) is 7.31. The second kappa shape index (κ2) is 8.35. The van der Waals surface area contributed by atoms with E-state index in [9.17, 15) is 4.39 Å². The normalized spacial score (nSPS) is 14.8. The summed E-state index contributed by atoms with van der Waals surface area (Å²) in [5.41, 5.74) is 7.36. The average molecular weight is 281 g/mol. The van der Waals surface area contributed by atoms with Crippen molar-refractivity contribution in [3.05, 3.63) is 35.6 Å². The summed E-state index contributed by atoms with van der Waals surface area (Å²) >= 11 is 0. The lowest BCUT2D eigenvalue weighted by atomic mass is 9.96. The molecule has 114 valence electrons. The molecule has 0 aromatic heterocycles. The topological polar surface area (TPSA) is 32.5 Å². The molecule has 1 aromatic carbocycles. The maximum Gasteiger partial charge on any atom is 0.123 e. The van der Waals surface area contributed by atoms with Crippen LogP contribution in [0.2, 0.25) is 0 Å². The van der Waals surface area contributed by atoms with E-state index in [1.807, 2.05) is 12.1 Å². The average Bonchev–Trinajstić information content (AvgIpc) is 2.40. The van der Waals surface area contributed by atoms with Gasteiger partial charge >= 0.3 is 0 Å². The van der Waals surface area contributed by atoms with Crippen LogP contribution in [-0.2, 0) is 0 Å². The molecule has 2 unspecified atom stereocenters. The number of likely N-dealkylation sites (N-methyl/N-ethyl adjacent to an activating group) is 1. The van der Waals surface area contributed by atoms with Crippen molar-refractivity contribution in [2.24, 2.45) is 5.73 Å². The van der Waals surface area contributed by atoms with Crippen molar-refractivity contribution in [3.63, 3.8) is 0 Å². The Morgan fingerprint density at radius 2 is 1.70 bits per heavy atom. The smallest absolute Gasteiger partial charge is 0.123 e. The molecule has 3 nitrogen and oxygen atoms in total. The van der Waals surface area contributed by atoms with Gasteiger partial charge < -0.3 is 10.6 Å². The van der Waals surface area contributed by atoms with Gasteiger partial charge in [-0.25, -0.2) is 4.39 Å². The predicted molar refractivity (Wildman–Crippen MR) is 83.2 cm³/mol. The first-order chi connectivity index (χ1) is 9.45. The molecule has 0 saturated carbocycles. The largest absolute Gasteiger partial charge is 0.326 e. The number of hydrogen-bond acceptors (Lipinski definition) is 3. The van der Waals surface area contributed by atoms with Crippen LogP contribution in [0.15, 0.2) is 24.3 Å². The van der Waals surface area contributed by atoms with E-state index in [1.54, 1.807) is 0 Å². The van der Waals surface area contributed by atoms with Crippen molar-refractivity contribution in [2.75, 3.05) is 34.2 Å². The number of hydrogen-bond donors (Lipinski definition) is 1. The molecule has 20 heavy (non-hydrogen) atoms. The fourth-order valence-electron chi connectivity index (χ4n) is 2.49. The van der Waals surface area contributed by atoms with Gasteiger partial charge in [0.1, 0.15) is 5.82 Å². The number of rotatable bonds is 8. The molecule has 0 bridgehead atoms. The first kappa shape index (κ1) is 17.1. The maximum absolute atomic E-state index is 13.1. The van der Waals surface area contributed by atoms with E-state index in [0.717, 1.165) is 31.5 Å². The summed E-state index contributed by atoms with van der Waals surface area (Å²) in [6.07, 6.45) is 2.00. The van der Waals surface area contributed by atoms with E-state index in [-0.39, 0.29) is 17.9 Å². The molecule has 0 radical (unpaired) electrons. The van der Waals surface area contributed by atoms with Gasteiger partial charge in [-0.1, -0.05) is 19.1 Å². The second-order valence-corrected chi connectivity index (χ2v) is 5.71. The lowest BCUT2D eigenvalue weighted by molar-refractivity contribution is 0.200. The minimum atomic E-state index is -0.201. The zero-order valence-electron chi connectivity index (χ0n) is 13.1. The van der Waals surface area contributed by atoms with Gasteiger partial charge in [-0.05, 0) is 64.8 Å². The van der Waals surface area contributed by atoms with E-state index >= 15 is 0 Å². The van der Waals surface area contributed by atoms with Crippen LogP contribution >= 0.6 is 0 Å². The molecule has 1 rings (SSSR count). The van der Waals surface area contributed by atoms with E-state index in [0.29, 0.717) is 0 Å². The van der Waals surface area contributed by atoms with Crippen LogP contribution in [0.1, 0.15) is 31.4 Å². The van der Waals surface area contributed by atoms with Gasteiger partial charge in [-0.3, -0.25) is 4.90 Å². The van der Waals surface area contributed by atoms with Crippen molar-refractivity contribution >= 4 is 0 Å². The fraction of sp³-hybridized carbons (Fsp3) is 0.625. The lowest BCUT2D eigenvalue weighted by Crippen LogP contribution is -2.39. The SMILES string of the molecule is CCC(N)C(c1ccc(F)cc1)N(C)CCCN(C)C. The Morgan fingerprint density at radius 3 is 2.20 bits per heavy atom. The third-order valence-corrected chi connectivity index (χ3v) is 3.68. The van der Waals surface area contributed by atoms with Crippen molar-refractivity contribution in [1.82, 2.24) is 9.80 Å². The molecule has 0 amide bonds. The summed E-state index contributed by atoms with van der Waals surface area (Å²) in [6, 6.07) is 6.92. The van der Waals surface area contributed by atoms with Crippen molar-refractivity contribution in [3.8, 4) is 0 Å². The van der Waals surface area contributed by atoms with Gasteiger partial charge in [0.15, 0.2) is 0 Å². The quantitative estimate of drug-likeness (QED) is 0.794. The minimum Gasteiger partial charge on any atom is -0.326 e. The summed E-state index contributed by atoms with van der Waals surface area (Å²) < 4.78 is 13.1. The third kappa shape index (κ3) is 5.19. The molecule has 2 atom stereocenters. The van der Waals surface area contributed by atoms with Crippen LogP contribution in [0.25, 0.3) is 0 Å². The molecule has 0 aliphatic carbocycles. The Morgan fingerprint density at radius 1 is 1.10 bits per heavy atom. The van der Waals surface area contributed by atoms with Gasteiger partial charge in [0.2, 0.25) is 0 Å². The molecule has 0 aliphatic heterocycles. The zero-order valence-corrected chi connectivity index (χ0v) is 13.1. The van der Waals surface area contributed by atoms with Crippen LogP contribution < -0.4 is 5.73 Å². The summed E-state index contributed by atoms with van der Waals surface area (Å²) in [7, 11) is 6.25. The van der Waals surface area contributed by atoms with Gasteiger partial charge in [0.05, 0.1) is 0 Å². The van der Waals surface area contributed by atoms with Crippen LogP contribution in [-0.4, -0.2) is 50.1 Å². The molecule has 0 fully saturated rings. The van der Waals surface area contributed by atoms with E-state index in [1.165, 1.54) is 12.1 Å². The standard InChI is InChI=1S/C16H28FN3/c1-5-15(18)16(13-7-9-14(17)10-8-13)20(4)12-6-11-19(2)3/h7-10,15-16H,5-6,11-12,18H2,1-4H3. The molecule has 0 saturated heterocycles. The van der Waals surface area contributed by atoms with Crippen LogP contribution in [0.4, 0.5) is 4.39 Å². The first-order valence-electron chi connectivity index (χ1n) is 7.31. The molecule has 0 heterocycles. The maximum atomic E-state index is 13.1. The van der Waals surface area contributed by atoms with E-state index in [4.69, 9.17) is 5.73 Å².